The summed E-state index contributed by atoms with van der Waals surface area (Å²) >= 11 is 1.55. The van der Waals surface area contributed by atoms with Crippen LogP contribution in [0.15, 0.2) is 0 Å². The van der Waals surface area contributed by atoms with E-state index >= 15 is 0 Å². The van der Waals surface area contributed by atoms with Gasteiger partial charge in [-0.15, -0.1) is 0 Å². The third-order valence-corrected chi connectivity index (χ3v) is 5.53. The number of nitrogens with zero attached hydrogens (tertiary/aromatic N) is 2. The van der Waals surface area contributed by atoms with Crippen LogP contribution in [0.25, 0.3) is 0 Å². The van der Waals surface area contributed by atoms with E-state index in [1.165, 1.54) is 0 Å². The summed E-state index contributed by atoms with van der Waals surface area (Å²) in [7, 11) is 0. The van der Waals surface area contributed by atoms with Crippen LogP contribution in [0.2, 0.25) is 0 Å². The third-order valence-electron chi connectivity index (χ3n) is 4.23. The molecule has 3 N–H and O–H groups in total. The maximum absolute atomic E-state index is 12.1. The summed E-state index contributed by atoms with van der Waals surface area (Å²) in [5, 5.41) is 1.76. The molecule has 1 saturated heterocycles. The molecular weight excluding hydrogens is 304 g/mol. The van der Waals surface area contributed by atoms with Gasteiger partial charge in [-0.1, -0.05) is 11.3 Å². The van der Waals surface area contributed by atoms with Gasteiger partial charge in [-0.2, -0.15) is 0 Å². The van der Waals surface area contributed by atoms with Gasteiger partial charge in [0.2, 0.25) is 0 Å². The lowest BCUT2D eigenvalue weighted by molar-refractivity contribution is -0.101. The number of nitrogens with one attached hydrogen (secondary N) is 1. The zero-order valence-electron chi connectivity index (χ0n) is 12.8. The van der Waals surface area contributed by atoms with Crippen molar-refractivity contribution in [3.8, 4) is 0 Å². The Balaban J connectivity index is 1.95. The monoisotopic (exact) mass is 326 g/mol. The van der Waals surface area contributed by atoms with Gasteiger partial charge in [-0.3, -0.25) is 10.2 Å². The van der Waals surface area contributed by atoms with Gasteiger partial charge < -0.3 is 14.4 Å². The number of ether oxygens (including phenoxy) is 2. The molecule has 0 spiro atoms. The third kappa shape index (κ3) is 2.71. The van der Waals surface area contributed by atoms with Crippen LogP contribution in [0, 0.1) is 0 Å². The molecule has 2 fully saturated rings. The fourth-order valence-electron chi connectivity index (χ4n) is 2.90. The van der Waals surface area contributed by atoms with Crippen molar-refractivity contribution in [3.63, 3.8) is 0 Å². The standard InChI is InChI=1S/C14H22N4O3S/c1-2-21-14(4-3-5-14)13-16-10(11(19)17-15)12(22-13)18-6-8-20-9-7-18/h2-9,15H2,1H3,(H,17,19). The highest BCUT2D eigenvalue weighted by atomic mass is 32.1. The molecule has 0 aromatic carbocycles. The molecule has 1 aliphatic heterocycles. The van der Waals surface area contributed by atoms with E-state index in [0.717, 1.165) is 42.4 Å². The maximum Gasteiger partial charge on any atom is 0.286 e. The quantitative estimate of drug-likeness (QED) is 0.477. The zero-order valence-corrected chi connectivity index (χ0v) is 13.6. The highest BCUT2D eigenvalue weighted by molar-refractivity contribution is 7.16. The lowest BCUT2D eigenvalue weighted by atomic mass is 9.80. The number of carbonyl (C=O) groups excluding carboxylic acids is 1. The largest absolute Gasteiger partial charge is 0.378 e. The number of rotatable bonds is 5. The van der Waals surface area contributed by atoms with Crippen LogP contribution in [0.3, 0.4) is 0 Å². The number of anilines is 1. The lowest BCUT2D eigenvalue weighted by Crippen LogP contribution is -2.38. The van der Waals surface area contributed by atoms with Gasteiger partial charge >= 0.3 is 0 Å². The summed E-state index contributed by atoms with van der Waals surface area (Å²) in [5.74, 6) is 4.96. The molecule has 1 aromatic heterocycles. The Kier molecular flexibility index (Phi) is 4.62. The first kappa shape index (κ1) is 15.7. The van der Waals surface area contributed by atoms with Crippen LogP contribution >= 0.6 is 11.3 Å². The molecule has 22 heavy (non-hydrogen) atoms. The summed E-state index contributed by atoms with van der Waals surface area (Å²) in [6, 6.07) is 0. The summed E-state index contributed by atoms with van der Waals surface area (Å²) < 4.78 is 11.3. The first-order valence-electron chi connectivity index (χ1n) is 7.69. The summed E-state index contributed by atoms with van der Waals surface area (Å²) in [5.41, 5.74) is 2.29. The molecule has 7 nitrogen and oxygen atoms in total. The van der Waals surface area contributed by atoms with Gasteiger partial charge in [0, 0.05) is 19.7 Å². The fourth-order valence-corrected chi connectivity index (χ4v) is 4.21. The van der Waals surface area contributed by atoms with Crippen molar-refractivity contribution in [1.29, 1.82) is 0 Å². The molecule has 1 aliphatic carbocycles. The molecule has 2 aliphatic rings. The number of hydrazine groups is 1. The summed E-state index contributed by atoms with van der Waals surface area (Å²) in [6.45, 7) is 5.47. The second-order valence-electron chi connectivity index (χ2n) is 5.53. The Morgan fingerprint density at radius 3 is 2.77 bits per heavy atom. The number of morpholine rings is 1. The Hall–Kier alpha value is -1.22. The molecule has 8 heteroatoms. The van der Waals surface area contributed by atoms with Crippen molar-refractivity contribution in [2.24, 2.45) is 5.84 Å². The molecule has 0 radical (unpaired) electrons. The average molecular weight is 326 g/mol. The number of aromatic nitrogens is 1. The van der Waals surface area contributed by atoms with Crippen LogP contribution in [-0.4, -0.2) is 43.8 Å². The lowest BCUT2D eigenvalue weighted by Gasteiger charge is -2.39. The van der Waals surface area contributed by atoms with Crippen molar-refractivity contribution in [2.45, 2.75) is 31.8 Å². The topological polar surface area (TPSA) is 89.7 Å². The summed E-state index contributed by atoms with van der Waals surface area (Å²) in [4.78, 5) is 18.8. The first-order valence-corrected chi connectivity index (χ1v) is 8.51. The van der Waals surface area contributed by atoms with Crippen LogP contribution in [0.4, 0.5) is 5.00 Å². The molecule has 122 valence electrons. The number of thiazole rings is 1. The van der Waals surface area contributed by atoms with Gasteiger partial charge in [0.05, 0.1) is 13.2 Å². The molecule has 2 heterocycles. The Bertz CT molecular complexity index is 538. The van der Waals surface area contributed by atoms with Crippen molar-refractivity contribution in [1.82, 2.24) is 10.4 Å². The minimum Gasteiger partial charge on any atom is -0.378 e. The molecular formula is C14H22N4O3S. The molecule has 1 amide bonds. The second kappa shape index (κ2) is 6.49. The highest BCUT2D eigenvalue weighted by Gasteiger charge is 2.43. The highest BCUT2D eigenvalue weighted by Crippen LogP contribution is 2.48. The van der Waals surface area contributed by atoms with Crippen LogP contribution in [0.5, 0.6) is 0 Å². The molecule has 0 bridgehead atoms. The fraction of sp³-hybridized carbons (Fsp3) is 0.714. The second-order valence-corrected chi connectivity index (χ2v) is 6.50. The van der Waals surface area contributed by atoms with Crippen LogP contribution in [0.1, 0.15) is 41.7 Å². The number of amides is 1. The molecule has 1 aromatic rings. The number of hydrogen-bond donors (Lipinski definition) is 2. The normalized spacial score (nSPS) is 20.5. The molecule has 1 saturated carbocycles. The van der Waals surface area contributed by atoms with Gasteiger partial charge in [-0.05, 0) is 26.2 Å². The average Bonchev–Trinajstić information content (AvgIpc) is 2.96. The van der Waals surface area contributed by atoms with Gasteiger partial charge in [-0.25, -0.2) is 10.8 Å². The summed E-state index contributed by atoms with van der Waals surface area (Å²) in [6.07, 6.45) is 3.05. The van der Waals surface area contributed by atoms with Crippen molar-refractivity contribution >= 4 is 22.2 Å². The predicted molar refractivity (Wildman–Crippen MR) is 84.0 cm³/mol. The van der Waals surface area contributed by atoms with Gasteiger partial charge in [0.25, 0.3) is 5.91 Å². The van der Waals surface area contributed by atoms with Crippen molar-refractivity contribution in [2.75, 3.05) is 37.8 Å². The minimum absolute atomic E-state index is 0.312. The van der Waals surface area contributed by atoms with E-state index in [1.54, 1.807) is 11.3 Å². The van der Waals surface area contributed by atoms with E-state index in [9.17, 15) is 4.79 Å². The number of carbonyl (C=O) groups is 1. The SMILES string of the molecule is CCOC1(c2nc(C(=O)NN)c(N3CCOCC3)s2)CCC1. The maximum atomic E-state index is 12.1. The van der Waals surface area contributed by atoms with Crippen molar-refractivity contribution < 1.29 is 14.3 Å². The Morgan fingerprint density at radius 2 is 2.23 bits per heavy atom. The van der Waals surface area contributed by atoms with Gasteiger partial charge in [0.15, 0.2) is 5.69 Å². The van der Waals surface area contributed by atoms with Crippen molar-refractivity contribution in [3.05, 3.63) is 10.7 Å². The minimum atomic E-state index is -0.352. The predicted octanol–water partition coefficient (Wildman–Crippen LogP) is 0.999. The Morgan fingerprint density at radius 1 is 1.50 bits per heavy atom. The van der Waals surface area contributed by atoms with Gasteiger partial charge in [0.1, 0.15) is 15.6 Å². The first-order chi connectivity index (χ1) is 10.7. The smallest absolute Gasteiger partial charge is 0.286 e. The van der Waals surface area contributed by atoms with E-state index in [-0.39, 0.29) is 11.5 Å². The van der Waals surface area contributed by atoms with Crippen LogP contribution in [-0.2, 0) is 15.1 Å². The number of nitrogen functional groups attached to an aromatic ring is 1. The van der Waals surface area contributed by atoms with E-state index in [4.69, 9.17) is 15.3 Å². The van der Waals surface area contributed by atoms with E-state index in [1.807, 2.05) is 6.92 Å². The number of nitrogens with two attached hydrogens (primary N) is 1. The number of hydrogen-bond acceptors (Lipinski definition) is 7. The molecule has 0 atom stereocenters. The Labute approximate surface area is 133 Å². The van der Waals surface area contributed by atoms with E-state index in [0.29, 0.717) is 25.5 Å². The van der Waals surface area contributed by atoms with E-state index < -0.39 is 0 Å². The zero-order chi connectivity index (χ0) is 15.6. The van der Waals surface area contributed by atoms with E-state index in [2.05, 4.69) is 15.3 Å². The molecule has 3 rings (SSSR count). The van der Waals surface area contributed by atoms with Crippen LogP contribution < -0.4 is 16.2 Å². The molecule has 0 unspecified atom stereocenters.